The molecule has 1 aliphatic carbocycles. The summed E-state index contributed by atoms with van der Waals surface area (Å²) < 4.78 is 1.29. The average Bonchev–Trinajstić information content (AvgIpc) is 2.53. The SMILES string of the molecule is CCC=CCn1c2c(c(C)cc1=O)C(=O)c1c(C)cc(=O)[nH]c1C2=O. The van der Waals surface area contributed by atoms with Crippen LogP contribution in [0.2, 0.25) is 0 Å². The molecule has 0 amide bonds. The number of allylic oxidation sites excluding steroid dienone is 2. The van der Waals surface area contributed by atoms with E-state index in [1.54, 1.807) is 19.9 Å². The Hall–Kier alpha value is -3.02. The van der Waals surface area contributed by atoms with Crippen LogP contribution in [0.25, 0.3) is 0 Å². The number of carbonyl (C=O) groups is 2. The number of H-pyrrole nitrogens is 1. The van der Waals surface area contributed by atoms with Crippen LogP contribution < -0.4 is 11.1 Å². The van der Waals surface area contributed by atoms with Crippen molar-refractivity contribution >= 4 is 11.6 Å². The standard InChI is InChI=1S/C19H18N2O4/c1-4-5-6-7-21-13(23)9-11(3)15-17(21)19(25)16-14(18(15)24)10(2)8-12(22)20-16/h5-6,8-9H,4,7H2,1-3H3,(H,20,22). The smallest absolute Gasteiger partial charge is 0.251 e. The summed E-state index contributed by atoms with van der Waals surface area (Å²) in [6, 6.07) is 2.67. The number of rotatable bonds is 3. The number of hydrogen-bond acceptors (Lipinski definition) is 4. The normalized spacial score (nSPS) is 13.2. The van der Waals surface area contributed by atoms with Crippen molar-refractivity contribution in [3.05, 3.63) is 78.6 Å². The fraction of sp³-hybridized carbons (Fsp3) is 0.263. The van der Waals surface area contributed by atoms with Gasteiger partial charge in [0.25, 0.3) is 5.56 Å². The molecule has 0 atom stereocenters. The molecule has 0 saturated carbocycles. The molecule has 3 rings (SSSR count). The molecule has 2 aromatic rings. The molecular formula is C19H18N2O4. The minimum absolute atomic E-state index is 0.0410. The largest absolute Gasteiger partial charge is 0.318 e. The van der Waals surface area contributed by atoms with Gasteiger partial charge in [-0.2, -0.15) is 0 Å². The van der Waals surface area contributed by atoms with E-state index in [9.17, 15) is 19.2 Å². The van der Waals surface area contributed by atoms with Gasteiger partial charge in [0.1, 0.15) is 11.4 Å². The van der Waals surface area contributed by atoms with Crippen molar-refractivity contribution in [2.24, 2.45) is 0 Å². The Morgan fingerprint density at radius 1 is 0.960 bits per heavy atom. The second-order valence-corrected chi connectivity index (χ2v) is 6.10. The van der Waals surface area contributed by atoms with Crippen molar-refractivity contribution in [3.8, 4) is 0 Å². The number of hydrogen-bond donors (Lipinski definition) is 1. The fourth-order valence-electron chi connectivity index (χ4n) is 3.21. The van der Waals surface area contributed by atoms with Crippen LogP contribution in [0.5, 0.6) is 0 Å². The maximum atomic E-state index is 13.0. The van der Waals surface area contributed by atoms with E-state index in [0.29, 0.717) is 11.1 Å². The first-order valence-electron chi connectivity index (χ1n) is 8.09. The van der Waals surface area contributed by atoms with E-state index < -0.39 is 11.3 Å². The summed E-state index contributed by atoms with van der Waals surface area (Å²) in [6.45, 7) is 5.42. The van der Waals surface area contributed by atoms with Crippen LogP contribution in [0.4, 0.5) is 0 Å². The molecule has 1 N–H and O–H groups in total. The Bertz CT molecular complexity index is 1050. The lowest BCUT2D eigenvalue weighted by Crippen LogP contribution is -2.35. The predicted molar refractivity (Wildman–Crippen MR) is 93.5 cm³/mol. The Balaban J connectivity index is 2.35. The molecule has 2 aromatic heterocycles. The van der Waals surface area contributed by atoms with Crippen LogP contribution in [-0.2, 0) is 6.54 Å². The highest BCUT2D eigenvalue weighted by molar-refractivity contribution is 6.27. The average molecular weight is 338 g/mol. The summed E-state index contributed by atoms with van der Waals surface area (Å²) in [5, 5.41) is 0. The number of aromatic amines is 1. The van der Waals surface area contributed by atoms with Gasteiger partial charge in [0.2, 0.25) is 11.3 Å². The summed E-state index contributed by atoms with van der Waals surface area (Å²) in [4.78, 5) is 52.6. The minimum atomic E-state index is -0.504. The van der Waals surface area contributed by atoms with Crippen LogP contribution in [0.3, 0.4) is 0 Å². The molecule has 0 saturated heterocycles. The topological polar surface area (TPSA) is 89.0 Å². The summed E-state index contributed by atoms with van der Waals surface area (Å²) in [5.41, 5.74) is 0.554. The Labute approximate surface area is 143 Å². The van der Waals surface area contributed by atoms with Gasteiger partial charge in [-0.3, -0.25) is 19.2 Å². The van der Waals surface area contributed by atoms with Crippen LogP contribution in [0, 0.1) is 13.8 Å². The minimum Gasteiger partial charge on any atom is -0.318 e. The van der Waals surface area contributed by atoms with E-state index in [-0.39, 0.29) is 40.4 Å². The second-order valence-electron chi connectivity index (χ2n) is 6.10. The molecule has 0 spiro atoms. The number of pyridine rings is 2. The van der Waals surface area contributed by atoms with Gasteiger partial charge in [-0.25, -0.2) is 0 Å². The highest BCUT2D eigenvalue weighted by Gasteiger charge is 2.35. The summed E-state index contributed by atoms with van der Waals surface area (Å²) in [7, 11) is 0. The maximum absolute atomic E-state index is 13.0. The fourth-order valence-corrected chi connectivity index (χ4v) is 3.21. The van der Waals surface area contributed by atoms with Gasteiger partial charge in [0, 0.05) is 18.7 Å². The lowest BCUT2D eigenvalue weighted by molar-refractivity contribution is 0.0965. The van der Waals surface area contributed by atoms with Crippen molar-refractivity contribution in [3.63, 3.8) is 0 Å². The zero-order valence-electron chi connectivity index (χ0n) is 14.3. The van der Waals surface area contributed by atoms with E-state index in [2.05, 4.69) is 4.98 Å². The van der Waals surface area contributed by atoms with E-state index >= 15 is 0 Å². The van der Waals surface area contributed by atoms with Crippen LogP contribution in [0.15, 0.2) is 33.9 Å². The van der Waals surface area contributed by atoms with Crippen molar-refractivity contribution in [2.45, 2.75) is 33.7 Å². The summed E-state index contributed by atoms with van der Waals surface area (Å²) in [5.74, 6) is -0.847. The molecule has 0 bridgehead atoms. The van der Waals surface area contributed by atoms with Crippen LogP contribution in [0.1, 0.15) is 56.6 Å². The monoisotopic (exact) mass is 338 g/mol. The molecule has 0 aliphatic heterocycles. The first-order valence-corrected chi connectivity index (χ1v) is 8.09. The quantitative estimate of drug-likeness (QED) is 0.739. The number of ketones is 2. The van der Waals surface area contributed by atoms with Gasteiger partial charge in [-0.05, 0) is 31.4 Å². The third kappa shape index (κ3) is 2.59. The van der Waals surface area contributed by atoms with Gasteiger partial charge in [0.15, 0.2) is 5.78 Å². The van der Waals surface area contributed by atoms with Crippen molar-refractivity contribution in [2.75, 3.05) is 0 Å². The molecular weight excluding hydrogens is 320 g/mol. The highest BCUT2D eigenvalue weighted by atomic mass is 16.2. The molecule has 128 valence electrons. The molecule has 25 heavy (non-hydrogen) atoms. The molecule has 0 unspecified atom stereocenters. The van der Waals surface area contributed by atoms with Gasteiger partial charge >= 0.3 is 0 Å². The Kier molecular flexibility index (Phi) is 4.12. The van der Waals surface area contributed by atoms with Gasteiger partial charge in [0.05, 0.1) is 11.1 Å². The zero-order valence-corrected chi connectivity index (χ0v) is 14.3. The molecule has 2 heterocycles. The first kappa shape index (κ1) is 16.8. The first-order chi connectivity index (χ1) is 11.9. The lowest BCUT2D eigenvalue weighted by Gasteiger charge is -2.23. The van der Waals surface area contributed by atoms with Crippen molar-refractivity contribution in [1.29, 1.82) is 0 Å². The number of aromatic nitrogens is 2. The third-order valence-corrected chi connectivity index (χ3v) is 4.33. The van der Waals surface area contributed by atoms with E-state index in [1.807, 2.05) is 13.0 Å². The Morgan fingerprint density at radius 3 is 2.32 bits per heavy atom. The summed E-state index contributed by atoms with van der Waals surface area (Å²) in [6.07, 6.45) is 4.46. The van der Waals surface area contributed by atoms with Crippen molar-refractivity contribution < 1.29 is 9.59 Å². The number of nitrogens with zero attached hydrogens (tertiary/aromatic N) is 1. The second kappa shape index (κ2) is 6.12. The zero-order chi connectivity index (χ0) is 18.3. The van der Waals surface area contributed by atoms with E-state index in [0.717, 1.165) is 6.42 Å². The molecule has 1 aliphatic rings. The summed E-state index contributed by atoms with van der Waals surface area (Å²) >= 11 is 0. The highest BCUT2D eigenvalue weighted by Crippen LogP contribution is 2.28. The molecule has 0 radical (unpaired) electrons. The lowest BCUT2D eigenvalue weighted by atomic mass is 9.85. The van der Waals surface area contributed by atoms with Crippen LogP contribution >= 0.6 is 0 Å². The maximum Gasteiger partial charge on any atom is 0.251 e. The van der Waals surface area contributed by atoms with Crippen LogP contribution in [-0.4, -0.2) is 21.1 Å². The molecule has 6 nitrogen and oxygen atoms in total. The van der Waals surface area contributed by atoms with Crippen molar-refractivity contribution in [1.82, 2.24) is 9.55 Å². The number of aryl methyl sites for hydroxylation is 2. The van der Waals surface area contributed by atoms with E-state index in [4.69, 9.17) is 0 Å². The molecule has 0 fully saturated rings. The molecule has 0 aromatic carbocycles. The van der Waals surface area contributed by atoms with Gasteiger partial charge in [-0.15, -0.1) is 0 Å². The third-order valence-electron chi connectivity index (χ3n) is 4.33. The van der Waals surface area contributed by atoms with E-state index in [1.165, 1.54) is 16.7 Å². The Morgan fingerprint density at radius 2 is 1.64 bits per heavy atom. The number of fused-ring (bicyclic) bond motifs is 2. The predicted octanol–water partition coefficient (Wildman–Crippen LogP) is 1.90. The van der Waals surface area contributed by atoms with Gasteiger partial charge in [-0.1, -0.05) is 19.1 Å². The van der Waals surface area contributed by atoms with Gasteiger partial charge < -0.3 is 9.55 Å². The number of carbonyl (C=O) groups excluding carboxylic acids is 2. The number of nitrogens with one attached hydrogen (secondary N) is 1. The molecule has 6 heteroatoms.